The van der Waals surface area contributed by atoms with Crippen molar-refractivity contribution < 1.29 is 4.74 Å². The Bertz CT molecular complexity index is 585. The normalized spacial score (nSPS) is 14.8. The van der Waals surface area contributed by atoms with Gasteiger partial charge in [0, 0.05) is 11.6 Å². The summed E-state index contributed by atoms with van der Waals surface area (Å²) in [7, 11) is 1.66. The van der Waals surface area contributed by atoms with E-state index in [1.54, 1.807) is 7.11 Å². The average Bonchev–Trinajstić information content (AvgIpc) is 3.16. The number of benzene rings is 1. The highest BCUT2D eigenvalue weighted by Crippen LogP contribution is 2.40. The standard InChI is InChI=1S/C14H17N3O/c1-9-16-13(14(15)17(9)11-6-7-11)10-4-3-5-12(8-10)18-2/h3-5,8,11H,6-7,15H2,1-2H3. The second kappa shape index (κ2) is 4.05. The molecule has 0 aliphatic heterocycles. The molecule has 2 aromatic rings. The Morgan fingerprint density at radius 2 is 2.17 bits per heavy atom. The molecule has 2 N–H and O–H groups in total. The van der Waals surface area contributed by atoms with E-state index in [2.05, 4.69) is 9.55 Å². The van der Waals surface area contributed by atoms with Gasteiger partial charge in [-0.1, -0.05) is 12.1 Å². The summed E-state index contributed by atoms with van der Waals surface area (Å²) in [5.41, 5.74) is 8.10. The first kappa shape index (κ1) is 11.1. The van der Waals surface area contributed by atoms with Gasteiger partial charge in [-0.25, -0.2) is 4.98 Å². The Balaban J connectivity index is 2.08. The predicted molar refractivity (Wildman–Crippen MR) is 71.6 cm³/mol. The molecule has 1 aromatic carbocycles. The first-order valence-electron chi connectivity index (χ1n) is 6.19. The quantitative estimate of drug-likeness (QED) is 0.901. The van der Waals surface area contributed by atoms with E-state index in [-0.39, 0.29) is 0 Å². The van der Waals surface area contributed by atoms with E-state index < -0.39 is 0 Å². The van der Waals surface area contributed by atoms with Crippen LogP contribution in [0.25, 0.3) is 11.3 Å². The molecule has 18 heavy (non-hydrogen) atoms. The lowest BCUT2D eigenvalue weighted by Crippen LogP contribution is -2.02. The van der Waals surface area contributed by atoms with Gasteiger partial charge in [0.05, 0.1) is 7.11 Å². The molecule has 1 heterocycles. The van der Waals surface area contributed by atoms with E-state index in [0.29, 0.717) is 6.04 Å². The van der Waals surface area contributed by atoms with E-state index >= 15 is 0 Å². The number of aryl methyl sites for hydroxylation is 1. The molecule has 0 atom stereocenters. The number of nitrogens with zero attached hydrogens (tertiary/aromatic N) is 2. The maximum atomic E-state index is 6.23. The average molecular weight is 243 g/mol. The molecule has 1 aromatic heterocycles. The highest BCUT2D eigenvalue weighted by Gasteiger charge is 2.28. The van der Waals surface area contributed by atoms with Crippen LogP contribution in [0.1, 0.15) is 24.7 Å². The molecule has 0 saturated heterocycles. The molecular formula is C14H17N3O. The summed E-state index contributed by atoms with van der Waals surface area (Å²) in [6.45, 7) is 2.01. The van der Waals surface area contributed by atoms with Crippen LogP contribution in [0.15, 0.2) is 24.3 Å². The van der Waals surface area contributed by atoms with Crippen LogP contribution < -0.4 is 10.5 Å². The molecule has 3 rings (SSSR count). The SMILES string of the molecule is COc1cccc(-c2nc(C)n(C3CC3)c2N)c1. The van der Waals surface area contributed by atoms with Crippen molar-refractivity contribution in [1.82, 2.24) is 9.55 Å². The van der Waals surface area contributed by atoms with Gasteiger partial charge >= 0.3 is 0 Å². The molecule has 1 aliphatic rings. The summed E-state index contributed by atoms with van der Waals surface area (Å²) < 4.78 is 7.39. The summed E-state index contributed by atoms with van der Waals surface area (Å²) in [4.78, 5) is 4.60. The highest BCUT2D eigenvalue weighted by molar-refractivity contribution is 5.72. The van der Waals surface area contributed by atoms with Crippen molar-refractivity contribution in [2.75, 3.05) is 12.8 Å². The van der Waals surface area contributed by atoms with E-state index in [9.17, 15) is 0 Å². The summed E-state index contributed by atoms with van der Waals surface area (Å²) >= 11 is 0. The lowest BCUT2D eigenvalue weighted by molar-refractivity contribution is 0.415. The number of aromatic nitrogens is 2. The van der Waals surface area contributed by atoms with Gasteiger partial charge in [-0.3, -0.25) is 0 Å². The van der Waals surface area contributed by atoms with Crippen LogP contribution in [0.4, 0.5) is 5.82 Å². The summed E-state index contributed by atoms with van der Waals surface area (Å²) in [6.07, 6.45) is 2.41. The van der Waals surface area contributed by atoms with Crippen molar-refractivity contribution >= 4 is 5.82 Å². The lowest BCUT2D eigenvalue weighted by atomic mass is 10.1. The Morgan fingerprint density at radius 3 is 2.83 bits per heavy atom. The molecule has 0 amide bonds. The summed E-state index contributed by atoms with van der Waals surface area (Å²) in [5.74, 6) is 2.58. The van der Waals surface area contributed by atoms with Crippen molar-refractivity contribution in [2.24, 2.45) is 0 Å². The zero-order chi connectivity index (χ0) is 12.7. The van der Waals surface area contributed by atoms with Crippen molar-refractivity contribution in [3.05, 3.63) is 30.1 Å². The van der Waals surface area contributed by atoms with Gasteiger partial charge in [-0.2, -0.15) is 0 Å². The van der Waals surface area contributed by atoms with Gasteiger partial charge in [-0.15, -0.1) is 0 Å². The third-order valence-corrected chi connectivity index (χ3v) is 3.38. The van der Waals surface area contributed by atoms with Crippen molar-refractivity contribution in [3.63, 3.8) is 0 Å². The number of imidazole rings is 1. The third-order valence-electron chi connectivity index (χ3n) is 3.38. The number of nitrogen functional groups attached to an aromatic ring is 1. The molecule has 0 unspecified atom stereocenters. The Kier molecular flexibility index (Phi) is 2.51. The first-order valence-corrected chi connectivity index (χ1v) is 6.19. The van der Waals surface area contributed by atoms with E-state index in [4.69, 9.17) is 10.5 Å². The number of ether oxygens (including phenoxy) is 1. The number of rotatable bonds is 3. The van der Waals surface area contributed by atoms with E-state index in [1.165, 1.54) is 12.8 Å². The second-order valence-corrected chi connectivity index (χ2v) is 4.73. The number of nitrogens with two attached hydrogens (primary N) is 1. The molecular weight excluding hydrogens is 226 g/mol. The second-order valence-electron chi connectivity index (χ2n) is 4.73. The minimum atomic E-state index is 0.553. The maximum absolute atomic E-state index is 6.23. The monoisotopic (exact) mass is 243 g/mol. The van der Waals surface area contributed by atoms with Gasteiger partial charge in [-0.05, 0) is 31.9 Å². The van der Waals surface area contributed by atoms with Crippen LogP contribution in [-0.2, 0) is 0 Å². The largest absolute Gasteiger partial charge is 0.497 e. The Hall–Kier alpha value is -1.97. The molecule has 0 radical (unpaired) electrons. The van der Waals surface area contributed by atoms with Crippen LogP contribution >= 0.6 is 0 Å². The molecule has 0 spiro atoms. The molecule has 4 nitrogen and oxygen atoms in total. The van der Waals surface area contributed by atoms with Crippen molar-refractivity contribution in [1.29, 1.82) is 0 Å². The Morgan fingerprint density at radius 1 is 1.39 bits per heavy atom. The van der Waals surface area contributed by atoms with Crippen LogP contribution in [-0.4, -0.2) is 16.7 Å². The minimum Gasteiger partial charge on any atom is -0.497 e. The lowest BCUT2D eigenvalue weighted by Gasteiger charge is -2.06. The van der Waals surface area contributed by atoms with Gasteiger partial charge in [0.15, 0.2) is 0 Å². The predicted octanol–water partition coefficient (Wildman–Crippen LogP) is 2.78. The molecule has 0 bridgehead atoms. The zero-order valence-electron chi connectivity index (χ0n) is 10.7. The van der Waals surface area contributed by atoms with Gasteiger partial charge in [0.2, 0.25) is 0 Å². The van der Waals surface area contributed by atoms with Gasteiger partial charge in [0.25, 0.3) is 0 Å². The fourth-order valence-electron chi connectivity index (χ4n) is 2.34. The summed E-state index contributed by atoms with van der Waals surface area (Å²) in [6, 6.07) is 8.41. The van der Waals surface area contributed by atoms with E-state index in [0.717, 1.165) is 28.6 Å². The van der Waals surface area contributed by atoms with Gasteiger partial charge in [0.1, 0.15) is 23.1 Å². The van der Waals surface area contributed by atoms with Crippen LogP contribution in [0, 0.1) is 6.92 Å². The summed E-state index contributed by atoms with van der Waals surface area (Å²) in [5, 5.41) is 0. The third kappa shape index (κ3) is 1.74. The zero-order valence-corrected chi connectivity index (χ0v) is 10.7. The maximum Gasteiger partial charge on any atom is 0.131 e. The van der Waals surface area contributed by atoms with Gasteiger partial charge < -0.3 is 15.0 Å². The van der Waals surface area contributed by atoms with Crippen LogP contribution in [0.2, 0.25) is 0 Å². The number of methoxy groups -OCH3 is 1. The van der Waals surface area contributed by atoms with Crippen molar-refractivity contribution in [2.45, 2.75) is 25.8 Å². The molecule has 94 valence electrons. The number of anilines is 1. The minimum absolute atomic E-state index is 0.553. The molecule has 1 aliphatic carbocycles. The molecule has 1 saturated carbocycles. The van der Waals surface area contributed by atoms with Crippen LogP contribution in [0.5, 0.6) is 5.75 Å². The molecule has 4 heteroatoms. The topological polar surface area (TPSA) is 53.1 Å². The fourth-order valence-corrected chi connectivity index (χ4v) is 2.34. The number of hydrogen-bond donors (Lipinski definition) is 1. The highest BCUT2D eigenvalue weighted by atomic mass is 16.5. The first-order chi connectivity index (χ1) is 8.70. The van der Waals surface area contributed by atoms with E-state index in [1.807, 2.05) is 31.2 Å². The number of hydrogen-bond acceptors (Lipinski definition) is 3. The smallest absolute Gasteiger partial charge is 0.131 e. The Labute approximate surface area is 106 Å². The fraction of sp³-hybridized carbons (Fsp3) is 0.357. The van der Waals surface area contributed by atoms with Crippen LogP contribution in [0.3, 0.4) is 0 Å². The van der Waals surface area contributed by atoms with Crippen molar-refractivity contribution in [3.8, 4) is 17.0 Å². The molecule has 1 fully saturated rings.